The molecule has 2 heterocycles. The third kappa shape index (κ3) is 7.00. The third-order valence-electron chi connectivity index (χ3n) is 5.74. The monoisotopic (exact) mass is 503 g/mol. The first-order chi connectivity index (χ1) is 16.4. The van der Waals surface area contributed by atoms with Crippen molar-refractivity contribution in [3.05, 3.63) is 54.1 Å². The van der Waals surface area contributed by atoms with Crippen molar-refractivity contribution < 1.29 is 22.1 Å². The van der Waals surface area contributed by atoms with E-state index in [1.54, 1.807) is 18.3 Å². The minimum Gasteiger partial charge on any atom is -0.458 e. The van der Waals surface area contributed by atoms with Gasteiger partial charge >= 0.3 is 0 Å². The van der Waals surface area contributed by atoms with E-state index in [9.17, 15) is 13.2 Å². The molecule has 0 aliphatic rings. The van der Waals surface area contributed by atoms with Crippen LogP contribution in [0.4, 0.5) is 0 Å². The fraction of sp³-hybridized carbons (Fsp3) is 0.458. The van der Waals surface area contributed by atoms with Crippen molar-refractivity contribution in [1.29, 1.82) is 0 Å². The van der Waals surface area contributed by atoms with Gasteiger partial charge in [0, 0.05) is 5.56 Å². The van der Waals surface area contributed by atoms with Gasteiger partial charge in [0.25, 0.3) is 0 Å². The Balaban J connectivity index is 1.67. The molecule has 11 heteroatoms. The second-order valence-corrected chi connectivity index (χ2v) is 11.3. The molecule has 0 bridgehead atoms. The van der Waals surface area contributed by atoms with Crippen LogP contribution in [0.1, 0.15) is 44.8 Å². The van der Waals surface area contributed by atoms with E-state index in [2.05, 4.69) is 36.6 Å². The summed E-state index contributed by atoms with van der Waals surface area (Å²) in [6.07, 6.45) is 2.77. The van der Waals surface area contributed by atoms with E-state index in [1.165, 1.54) is 16.8 Å². The molecule has 0 aliphatic carbocycles. The summed E-state index contributed by atoms with van der Waals surface area (Å²) in [5.74, 6) is 1.35. The Hall–Kier alpha value is -3.02. The molecule has 35 heavy (non-hydrogen) atoms. The number of hydrogen-bond acceptors (Lipinski definition) is 6. The van der Waals surface area contributed by atoms with Gasteiger partial charge in [-0.1, -0.05) is 38.1 Å². The van der Waals surface area contributed by atoms with Crippen molar-refractivity contribution in [2.24, 2.45) is 11.1 Å². The van der Waals surface area contributed by atoms with Crippen molar-refractivity contribution in [3.8, 4) is 11.3 Å². The second-order valence-electron chi connectivity index (χ2n) is 9.75. The molecular weight excluding hydrogens is 468 g/mol. The Morgan fingerprint density at radius 2 is 1.80 bits per heavy atom. The highest BCUT2D eigenvalue weighted by Gasteiger charge is 2.26. The summed E-state index contributed by atoms with van der Waals surface area (Å²) in [6, 6.07) is 9.31. The SMILES string of the molecule is CCC[N+](C)(C)Cc1ccc(CNC(=O)[C@H](C(C)C)n2cc(-c3ccc(S(N)(=O)=O)cc3)nn2)o1. The number of carbonyl (C=O) groups is 1. The van der Waals surface area contributed by atoms with Gasteiger partial charge in [0.05, 0.1) is 38.3 Å². The average Bonchev–Trinajstić information content (AvgIpc) is 3.41. The Morgan fingerprint density at radius 3 is 2.40 bits per heavy atom. The third-order valence-corrected chi connectivity index (χ3v) is 6.67. The number of nitrogens with two attached hydrogens (primary N) is 1. The van der Waals surface area contributed by atoms with Crippen molar-refractivity contribution >= 4 is 15.9 Å². The highest BCUT2D eigenvalue weighted by Crippen LogP contribution is 2.23. The van der Waals surface area contributed by atoms with Gasteiger partial charge in [-0.2, -0.15) is 0 Å². The van der Waals surface area contributed by atoms with E-state index >= 15 is 0 Å². The number of nitrogens with zero attached hydrogens (tertiary/aromatic N) is 4. The van der Waals surface area contributed by atoms with Crippen LogP contribution in [0.2, 0.25) is 0 Å². The molecule has 10 nitrogen and oxygen atoms in total. The lowest BCUT2D eigenvalue weighted by atomic mass is 10.0. The van der Waals surface area contributed by atoms with Gasteiger partial charge in [-0.05, 0) is 36.6 Å². The summed E-state index contributed by atoms with van der Waals surface area (Å²) in [5.41, 5.74) is 1.19. The zero-order valence-corrected chi connectivity index (χ0v) is 21.7. The number of hydrogen-bond donors (Lipinski definition) is 2. The molecule has 1 aromatic carbocycles. The van der Waals surface area contributed by atoms with E-state index in [-0.39, 0.29) is 23.3 Å². The van der Waals surface area contributed by atoms with Crippen LogP contribution in [-0.2, 0) is 27.9 Å². The zero-order valence-electron chi connectivity index (χ0n) is 20.9. The van der Waals surface area contributed by atoms with Crippen LogP contribution in [0.25, 0.3) is 11.3 Å². The van der Waals surface area contributed by atoms with E-state index < -0.39 is 16.1 Å². The fourth-order valence-electron chi connectivity index (χ4n) is 4.08. The number of furan rings is 1. The number of rotatable bonds is 11. The molecule has 1 atom stereocenters. The number of benzene rings is 1. The Bertz CT molecular complexity index is 1250. The topological polar surface area (TPSA) is 133 Å². The molecule has 1 amide bonds. The van der Waals surface area contributed by atoms with Crippen molar-refractivity contribution in [2.75, 3.05) is 20.6 Å². The van der Waals surface area contributed by atoms with Crippen LogP contribution in [0, 0.1) is 5.92 Å². The predicted octanol–water partition coefficient (Wildman–Crippen LogP) is 2.69. The summed E-state index contributed by atoms with van der Waals surface area (Å²) in [6.45, 7) is 8.15. The van der Waals surface area contributed by atoms with Gasteiger partial charge in [0.2, 0.25) is 15.9 Å². The lowest BCUT2D eigenvalue weighted by Gasteiger charge is -2.28. The largest absolute Gasteiger partial charge is 0.458 e. The number of nitrogens with one attached hydrogen (secondary N) is 1. The molecule has 190 valence electrons. The molecule has 0 radical (unpaired) electrons. The summed E-state index contributed by atoms with van der Waals surface area (Å²) < 4.78 is 31.2. The van der Waals surface area contributed by atoms with Crippen LogP contribution < -0.4 is 10.5 Å². The molecule has 0 saturated heterocycles. The Morgan fingerprint density at radius 1 is 1.14 bits per heavy atom. The number of primary sulfonamides is 1. The Labute approximate surface area is 206 Å². The van der Waals surface area contributed by atoms with E-state index in [4.69, 9.17) is 9.56 Å². The zero-order chi connectivity index (χ0) is 25.8. The van der Waals surface area contributed by atoms with Crippen molar-refractivity contribution in [1.82, 2.24) is 20.3 Å². The molecule has 0 aliphatic heterocycles. The molecule has 3 aromatic rings. The lowest BCUT2D eigenvalue weighted by Crippen LogP contribution is -2.39. The van der Waals surface area contributed by atoms with Crippen LogP contribution in [0.5, 0.6) is 0 Å². The van der Waals surface area contributed by atoms with Crippen molar-refractivity contribution in [2.45, 2.75) is 51.2 Å². The summed E-state index contributed by atoms with van der Waals surface area (Å²) >= 11 is 0. The van der Waals surface area contributed by atoms with Crippen molar-refractivity contribution in [3.63, 3.8) is 0 Å². The molecule has 2 aromatic heterocycles. The maximum Gasteiger partial charge on any atom is 0.245 e. The minimum atomic E-state index is -3.77. The van der Waals surface area contributed by atoms with E-state index in [0.717, 1.165) is 29.8 Å². The van der Waals surface area contributed by atoms with Gasteiger partial charge < -0.3 is 14.2 Å². The summed E-state index contributed by atoms with van der Waals surface area (Å²) in [7, 11) is 0.561. The van der Waals surface area contributed by atoms with E-state index in [0.29, 0.717) is 17.0 Å². The number of aromatic nitrogens is 3. The predicted molar refractivity (Wildman–Crippen MR) is 132 cm³/mol. The first kappa shape index (κ1) is 26.6. The first-order valence-corrected chi connectivity index (χ1v) is 13.2. The first-order valence-electron chi connectivity index (χ1n) is 11.6. The second kappa shape index (κ2) is 10.7. The number of amides is 1. The van der Waals surface area contributed by atoms with Crippen LogP contribution in [-0.4, -0.2) is 54.4 Å². The maximum atomic E-state index is 13.1. The fourth-order valence-corrected chi connectivity index (χ4v) is 4.59. The van der Waals surface area contributed by atoms with Gasteiger partial charge in [0.1, 0.15) is 24.0 Å². The highest BCUT2D eigenvalue weighted by atomic mass is 32.2. The summed E-state index contributed by atoms with van der Waals surface area (Å²) in [5, 5.41) is 16.4. The smallest absolute Gasteiger partial charge is 0.245 e. The minimum absolute atomic E-state index is 0.0158. The quantitative estimate of drug-likeness (QED) is 0.387. The molecule has 3 N–H and O–H groups in total. The highest BCUT2D eigenvalue weighted by molar-refractivity contribution is 7.89. The lowest BCUT2D eigenvalue weighted by molar-refractivity contribution is -0.904. The van der Waals surface area contributed by atoms with Gasteiger partial charge in [-0.25, -0.2) is 18.2 Å². The molecule has 3 rings (SSSR count). The molecule has 0 saturated carbocycles. The number of quaternary nitrogens is 1. The Kier molecular flexibility index (Phi) is 8.14. The average molecular weight is 504 g/mol. The number of sulfonamides is 1. The number of carbonyl (C=O) groups excluding carboxylic acids is 1. The van der Waals surface area contributed by atoms with Crippen LogP contribution in [0.3, 0.4) is 0 Å². The normalized spacial score (nSPS) is 13.2. The molecular formula is C24H35N6O4S+. The van der Waals surface area contributed by atoms with Gasteiger partial charge in [0.15, 0.2) is 5.76 Å². The standard InChI is InChI=1S/C24H34N6O4S/c1-6-13-30(4,5)16-20-10-9-19(34-20)14-26-24(31)23(17(2)3)29-15-22(27-28-29)18-7-11-21(12-8-18)35(25,32)33/h7-12,15,17,23H,6,13-14,16H2,1-5H3,(H2-,25,26,31,32,33)/p+1/t23-/m0/s1. The molecule has 0 spiro atoms. The summed E-state index contributed by atoms with van der Waals surface area (Å²) in [4.78, 5) is 13.1. The molecule has 0 fully saturated rings. The van der Waals surface area contributed by atoms with Crippen LogP contribution >= 0.6 is 0 Å². The van der Waals surface area contributed by atoms with Gasteiger partial charge in [-0.15, -0.1) is 5.10 Å². The van der Waals surface area contributed by atoms with Crippen LogP contribution in [0.15, 0.2) is 51.9 Å². The van der Waals surface area contributed by atoms with Gasteiger partial charge in [-0.3, -0.25) is 4.79 Å². The van der Waals surface area contributed by atoms with E-state index in [1.807, 2.05) is 26.0 Å². The molecule has 0 unspecified atom stereocenters. The maximum absolute atomic E-state index is 13.1.